The lowest BCUT2D eigenvalue weighted by molar-refractivity contribution is 0.00543. The second-order valence-electron chi connectivity index (χ2n) is 14.0. The molecular weight excluding hydrogens is 649 g/mol. The zero-order chi connectivity index (χ0) is 33.5. The first-order valence-corrected chi connectivity index (χ1v) is 19.1. The van der Waals surface area contributed by atoms with E-state index in [-0.39, 0.29) is 0 Å². The number of carboxylic acids is 1. The standard InChI is InChI=1S/C40H44N4O3S2/c1-26-7-5-6-10-31(26)33-14-11-28-23-29(12-13-32(28)41-33)38-37(27-8-3-2-4-9-27)39-34(24-35(49-39)40(45)46)44(38)25-36(48)43-17-15-30(16-18-43)42-19-21-47-22-20-42/h5-7,10-14,23-24,27,30H,2-4,8-9,15-22,25H2,1H3,(H,45,46). The number of aryl methyl sites for hydroxylation is 1. The maximum Gasteiger partial charge on any atom is 0.345 e. The van der Waals surface area contributed by atoms with E-state index in [1.54, 1.807) is 0 Å². The Morgan fingerprint density at radius 1 is 0.959 bits per heavy atom. The average molecular weight is 693 g/mol. The summed E-state index contributed by atoms with van der Waals surface area (Å²) in [6.45, 7) is 8.27. The average Bonchev–Trinajstić information content (AvgIpc) is 3.70. The maximum atomic E-state index is 12.3. The van der Waals surface area contributed by atoms with Crippen LogP contribution in [0, 0.1) is 6.92 Å². The van der Waals surface area contributed by atoms with Gasteiger partial charge in [0.2, 0.25) is 0 Å². The van der Waals surface area contributed by atoms with E-state index >= 15 is 0 Å². The SMILES string of the molecule is Cc1ccccc1-c1ccc2cc(-c3c(C4CCCCC4)c4sc(C(=O)O)cc4n3CC(=S)N3CCC(N4CCOCC4)CC3)ccc2n1. The van der Waals surface area contributed by atoms with Crippen molar-refractivity contribution in [2.45, 2.75) is 70.4 Å². The molecule has 2 aromatic carbocycles. The first kappa shape index (κ1) is 32.6. The van der Waals surface area contributed by atoms with Crippen molar-refractivity contribution in [1.29, 1.82) is 0 Å². The van der Waals surface area contributed by atoms with Crippen molar-refractivity contribution < 1.29 is 14.6 Å². The van der Waals surface area contributed by atoms with E-state index in [1.165, 1.54) is 47.4 Å². The van der Waals surface area contributed by atoms with Crippen molar-refractivity contribution in [1.82, 2.24) is 19.4 Å². The number of pyridine rings is 1. The number of hydrogen-bond donors (Lipinski definition) is 1. The maximum absolute atomic E-state index is 12.3. The first-order valence-electron chi connectivity index (χ1n) is 17.9. The summed E-state index contributed by atoms with van der Waals surface area (Å²) in [5.41, 5.74) is 8.96. The number of carbonyl (C=O) groups is 1. The Bertz CT molecular complexity index is 2010. The number of rotatable bonds is 7. The van der Waals surface area contributed by atoms with Gasteiger partial charge < -0.3 is 19.3 Å². The van der Waals surface area contributed by atoms with Crippen molar-refractivity contribution in [2.24, 2.45) is 0 Å². The van der Waals surface area contributed by atoms with E-state index in [4.69, 9.17) is 21.9 Å². The second kappa shape index (κ2) is 13.9. The number of aromatic nitrogens is 2. The molecule has 8 rings (SSSR count). The molecule has 1 N–H and O–H groups in total. The summed E-state index contributed by atoms with van der Waals surface area (Å²) in [6, 6.07) is 21.8. The minimum atomic E-state index is -0.863. The molecule has 3 aromatic heterocycles. The summed E-state index contributed by atoms with van der Waals surface area (Å²) >= 11 is 7.68. The largest absolute Gasteiger partial charge is 0.477 e. The summed E-state index contributed by atoms with van der Waals surface area (Å²) < 4.78 is 9.07. The molecule has 254 valence electrons. The third-order valence-corrected chi connectivity index (χ3v) is 12.6. The van der Waals surface area contributed by atoms with E-state index in [2.05, 4.69) is 75.9 Å². The number of ether oxygens (including phenoxy) is 1. The fourth-order valence-electron chi connectivity index (χ4n) is 8.44. The van der Waals surface area contributed by atoms with Crippen molar-refractivity contribution in [3.05, 3.63) is 76.7 Å². The highest BCUT2D eigenvalue weighted by molar-refractivity contribution is 7.80. The highest BCUT2D eigenvalue weighted by Gasteiger charge is 2.31. The second-order valence-corrected chi connectivity index (χ2v) is 15.5. The summed E-state index contributed by atoms with van der Waals surface area (Å²) in [6.07, 6.45) is 8.12. The van der Waals surface area contributed by atoms with Gasteiger partial charge in [-0.3, -0.25) is 4.90 Å². The number of aromatic carboxylic acids is 1. The number of carboxylic acid groups (broad SMARTS) is 1. The molecule has 0 radical (unpaired) electrons. The molecule has 3 fully saturated rings. The van der Waals surface area contributed by atoms with E-state index in [9.17, 15) is 9.90 Å². The molecule has 0 spiro atoms. The third kappa shape index (κ3) is 6.42. The van der Waals surface area contributed by atoms with Gasteiger partial charge in [-0.25, -0.2) is 9.78 Å². The Labute approximate surface area is 297 Å². The van der Waals surface area contributed by atoms with Crippen LogP contribution in [0.1, 0.15) is 71.7 Å². The summed E-state index contributed by atoms with van der Waals surface area (Å²) in [5.74, 6) is -0.472. The van der Waals surface area contributed by atoms with Gasteiger partial charge in [0.1, 0.15) is 4.88 Å². The van der Waals surface area contributed by atoms with Crippen LogP contribution >= 0.6 is 23.6 Å². The fraction of sp³-hybridized carbons (Fsp3) is 0.425. The number of likely N-dealkylation sites (tertiary alicyclic amines) is 1. The smallest absolute Gasteiger partial charge is 0.345 e. The minimum Gasteiger partial charge on any atom is -0.477 e. The molecule has 5 heterocycles. The minimum absolute atomic E-state index is 0.392. The number of fused-ring (bicyclic) bond motifs is 2. The fourth-order valence-corrected chi connectivity index (χ4v) is 9.88. The Morgan fingerprint density at radius 3 is 2.49 bits per heavy atom. The van der Waals surface area contributed by atoms with Crippen LogP contribution < -0.4 is 0 Å². The highest BCUT2D eigenvalue weighted by Crippen LogP contribution is 2.47. The molecular formula is C40H44N4O3S2. The monoisotopic (exact) mass is 692 g/mol. The van der Waals surface area contributed by atoms with Gasteiger partial charge in [-0.05, 0) is 79.5 Å². The molecule has 2 saturated heterocycles. The Morgan fingerprint density at radius 2 is 1.73 bits per heavy atom. The number of nitrogens with zero attached hydrogens (tertiary/aromatic N) is 4. The van der Waals surface area contributed by atoms with Crippen LogP contribution in [0.25, 0.3) is 43.6 Å². The molecule has 0 amide bonds. The van der Waals surface area contributed by atoms with Gasteiger partial charge in [-0.1, -0.05) is 67.9 Å². The molecule has 2 aliphatic heterocycles. The number of thiophene rings is 1. The van der Waals surface area contributed by atoms with E-state index in [1.807, 2.05) is 6.07 Å². The van der Waals surface area contributed by atoms with Gasteiger partial charge in [-0.15, -0.1) is 11.3 Å². The zero-order valence-corrected chi connectivity index (χ0v) is 29.8. The number of morpholine rings is 1. The molecule has 0 bridgehead atoms. The van der Waals surface area contributed by atoms with Crippen LogP contribution in [0.2, 0.25) is 0 Å². The molecule has 5 aromatic rings. The van der Waals surface area contributed by atoms with Crippen molar-refractivity contribution >= 4 is 55.6 Å². The van der Waals surface area contributed by atoms with Crippen molar-refractivity contribution in [2.75, 3.05) is 39.4 Å². The Hall–Kier alpha value is -3.63. The van der Waals surface area contributed by atoms with Gasteiger partial charge in [0, 0.05) is 43.2 Å². The topological polar surface area (TPSA) is 70.8 Å². The summed E-state index contributed by atoms with van der Waals surface area (Å²) in [7, 11) is 0. The first-order chi connectivity index (χ1) is 23.9. The molecule has 0 atom stereocenters. The number of hydrogen-bond acceptors (Lipinski definition) is 6. The van der Waals surface area contributed by atoms with Crippen LogP contribution in [0.3, 0.4) is 0 Å². The molecule has 1 aliphatic carbocycles. The quantitative estimate of drug-likeness (QED) is 0.171. The van der Waals surface area contributed by atoms with Crippen LogP contribution in [0.5, 0.6) is 0 Å². The molecule has 7 nitrogen and oxygen atoms in total. The normalized spacial score (nSPS) is 18.4. The van der Waals surface area contributed by atoms with E-state index < -0.39 is 5.97 Å². The summed E-state index contributed by atoms with van der Waals surface area (Å²) in [5, 5.41) is 11.2. The van der Waals surface area contributed by atoms with E-state index in [0.29, 0.717) is 23.4 Å². The molecule has 1 saturated carbocycles. The lowest BCUT2D eigenvalue weighted by Gasteiger charge is -2.41. The zero-order valence-electron chi connectivity index (χ0n) is 28.2. The van der Waals surface area contributed by atoms with Gasteiger partial charge in [0.25, 0.3) is 0 Å². The molecule has 3 aliphatic rings. The summed E-state index contributed by atoms with van der Waals surface area (Å²) in [4.78, 5) is 23.7. The van der Waals surface area contributed by atoms with Gasteiger partial charge >= 0.3 is 5.97 Å². The molecule has 9 heteroatoms. The van der Waals surface area contributed by atoms with Gasteiger partial charge in [0.15, 0.2) is 0 Å². The molecule has 49 heavy (non-hydrogen) atoms. The van der Waals surface area contributed by atoms with Crippen LogP contribution in [-0.2, 0) is 11.3 Å². The van der Waals surface area contributed by atoms with Crippen LogP contribution in [-0.4, -0.2) is 80.8 Å². The van der Waals surface area contributed by atoms with Crippen LogP contribution in [0.15, 0.2) is 60.7 Å². The van der Waals surface area contributed by atoms with Crippen LogP contribution in [0.4, 0.5) is 0 Å². The predicted octanol–water partition coefficient (Wildman–Crippen LogP) is 8.76. The Kier molecular flexibility index (Phi) is 9.27. The number of benzene rings is 2. The Balaban J connectivity index is 1.18. The number of thiocarbonyl (C=S) groups is 1. The van der Waals surface area contributed by atoms with Gasteiger partial charge in [-0.2, -0.15) is 0 Å². The number of piperidine rings is 1. The lowest BCUT2D eigenvalue weighted by atomic mass is 9.83. The lowest BCUT2D eigenvalue weighted by Crippen LogP contribution is -2.50. The van der Waals surface area contributed by atoms with Crippen molar-refractivity contribution in [3.63, 3.8) is 0 Å². The van der Waals surface area contributed by atoms with Gasteiger partial charge in [0.05, 0.1) is 51.9 Å². The third-order valence-electron chi connectivity index (χ3n) is 11.1. The van der Waals surface area contributed by atoms with E-state index in [0.717, 1.165) is 108 Å². The van der Waals surface area contributed by atoms with Crippen molar-refractivity contribution in [3.8, 4) is 22.5 Å². The molecule has 0 unspecified atom stereocenters. The highest BCUT2D eigenvalue weighted by atomic mass is 32.1. The predicted molar refractivity (Wildman–Crippen MR) is 203 cm³/mol.